The molecule has 0 saturated carbocycles. The average molecular weight is 654 g/mol. The van der Waals surface area contributed by atoms with Gasteiger partial charge in [0.2, 0.25) is 11.5 Å². The van der Waals surface area contributed by atoms with Gasteiger partial charge in [-0.2, -0.15) is 0 Å². The number of ketones is 1. The highest BCUT2D eigenvalue weighted by atomic mass is 16.7. The molecule has 2 unspecified atom stereocenters. The first-order valence-corrected chi connectivity index (χ1v) is 15.3. The van der Waals surface area contributed by atoms with Gasteiger partial charge in [0, 0.05) is 19.2 Å². The molecule has 7 N–H and O–H groups in total. The van der Waals surface area contributed by atoms with Crippen LogP contribution in [-0.4, -0.2) is 83.1 Å². The Hall–Kier alpha value is -4.38. The zero-order valence-electron chi connectivity index (χ0n) is 25.6. The van der Waals surface area contributed by atoms with Crippen molar-refractivity contribution in [3.63, 3.8) is 0 Å². The van der Waals surface area contributed by atoms with Crippen molar-refractivity contribution in [1.29, 1.82) is 0 Å². The number of Topliss-reactive ketones (excluding diaryl/α,β-unsaturated/α-hetero) is 1. The molecule has 15 heteroatoms. The number of aliphatic hydroxyl groups excluding tert-OH is 1. The van der Waals surface area contributed by atoms with Gasteiger partial charge in [0.1, 0.15) is 19.3 Å². The van der Waals surface area contributed by atoms with E-state index in [1.165, 1.54) is 6.08 Å². The maximum atomic E-state index is 13.4. The Kier molecular flexibility index (Phi) is 10.9. The van der Waals surface area contributed by atoms with Crippen LogP contribution < -0.4 is 22.1 Å². The van der Waals surface area contributed by atoms with Gasteiger partial charge in [0.05, 0.1) is 12.6 Å². The first kappa shape index (κ1) is 34.0. The van der Waals surface area contributed by atoms with Crippen molar-refractivity contribution in [2.75, 3.05) is 13.2 Å². The highest BCUT2D eigenvalue weighted by molar-refractivity contribution is 5.91. The van der Waals surface area contributed by atoms with Crippen LogP contribution in [0.15, 0.2) is 72.9 Å². The van der Waals surface area contributed by atoms with Gasteiger partial charge in [-0.25, -0.2) is 14.4 Å². The number of amides is 3. The smallest absolute Gasteiger partial charge is 0.407 e. The standard InChI is InChI=1S/C32H39N5O10/c33-31(28(40)44-19-21-9-3-1-4-10-21)14-15-37(29(41)36-31)32(34)27(46-25-13-7-8-16-43-25)26(39)24(47-32)17-23(38)18-35-30(42)45-20-22-11-5-2-6-12-22/h1-6,9-12,14-15,24-27,39H,7-8,13,16-20,33-34H2,(H,35,42)(H,36,41)/t24-,25?,26-,27-,31?,32+/m1/s1. The first-order chi connectivity index (χ1) is 22.6. The number of alkyl carbamates (subject to hydrolysis) is 1. The number of nitrogens with two attached hydrogens (primary N) is 2. The maximum absolute atomic E-state index is 13.4. The third-order valence-electron chi connectivity index (χ3n) is 7.89. The maximum Gasteiger partial charge on any atom is 0.407 e. The number of rotatable bonds is 12. The van der Waals surface area contributed by atoms with Crippen LogP contribution in [0.4, 0.5) is 9.59 Å². The summed E-state index contributed by atoms with van der Waals surface area (Å²) < 4.78 is 28.1. The topological polar surface area (TPSA) is 214 Å². The van der Waals surface area contributed by atoms with Gasteiger partial charge in [-0.15, -0.1) is 0 Å². The van der Waals surface area contributed by atoms with Gasteiger partial charge in [-0.05, 0) is 36.5 Å². The Bertz CT molecular complexity index is 1440. The molecular formula is C32H39N5O10. The van der Waals surface area contributed by atoms with Crippen LogP contribution in [0.3, 0.4) is 0 Å². The summed E-state index contributed by atoms with van der Waals surface area (Å²) in [5.74, 6) is -3.60. The lowest BCUT2D eigenvalue weighted by molar-refractivity contribution is -0.242. The summed E-state index contributed by atoms with van der Waals surface area (Å²) in [7, 11) is 0. The summed E-state index contributed by atoms with van der Waals surface area (Å²) in [5, 5.41) is 16.1. The van der Waals surface area contributed by atoms with Crippen molar-refractivity contribution in [3.8, 4) is 0 Å². The van der Waals surface area contributed by atoms with Gasteiger partial charge in [-0.3, -0.25) is 21.2 Å². The highest BCUT2D eigenvalue weighted by Crippen LogP contribution is 2.37. The monoisotopic (exact) mass is 653 g/mol. The van der Waals surface area contributed by atoms with Gasteiger partial charge in [-0.1, -0.05) is 60.7 Å². The molecule has 0 radical (unpaired) electrons. The van der Waals surface area contributed by atoms with Crippen LogP contribution in [0.25, 0.3) is 0 Å². The van der Waals surface area contributed by atoms with Crippen molar-refractivity contribution < 1.29 is 48.0 Å². The minimum Gasteiger partial charge on any atom is -0.458 e. The van der Waals surface area contributed by atoms with E-state index in [1.807, 2.05) is 12.1 Å². The molecule has 0 aliphatic carbocycles. The number of hydrogen-bond acceptors (Lipinski definition) is 12. The number of carbonyl (C=O) groups is 4. The fourth-order valence-corrected chi connectivity index (χ4v) is 5.35. The third-order valence-corrected chi connectivity index (χ3v) is 7.89. The van der Waals surface area contributed by atoms with Crippen molar-refractivity contribution in [3.05, 3.63) is 84.1 Å². The predicted molar refractivity (Wildman–Crippen MR) is 163 cm³/mol. The highest BCUT2D eigenvalue weighted by Gasteiger charge is 2.60. The minimum absolute atomic E-state index is 0.0174. The predicted octanol–water partition coefficient (Wildman–Crippen LogP) is 1.09. The summed E-state index contributed by atoms with van der Waals surface area (Å²) in [5.41, 5.74) is 12.3. The fraction of sp³-hybridized carbons (Fsp3) is 0.438. The molecule has 6 atom stereocenters. The molecule has 2 saturated heterocycles. The zero-order valence-corrected chi connectivity index (χ0v) is 25.6. The molecule has 2 fully saturated rings. The lowest BCUT2D eigenvalue weighted by Gasteiger charge is -2.43. The Morgan fingerprint density at radius 1 is 1.00 bits per heavy atom. The van der Waals surface area contributed by atoms with Crippen LogP contribution >= 0.6 is 0 Å². The van der Waals surface area contributed by atoms with Crippen molar-refractivity contribution in [1.82, 2.24) is 15.5 Å². The van der Waals surface area contributed by atoms with E-state index < -0.39 is 73.0 Å². The molecule has 5 rings (SSSR count). The number of esters is 1. The van der Waals surface area contributed by atoms with E-state index in [2.05, 4.69) is 10.6 Å². The summed E-state index contributed by atoms with van der Waals surface area (Å²) in [4.78, 5) is 52.2. The zero-order chi connectivity index (χ0) is 33.4. The molecule has 0 aromatic heterocycles. The Labute approximate surface area is 271 Å². The van der Waals surface area contributed by atoms with E-state index >= 15 is 0 Å². The minimum atomic E-state index is -2.16. The van der Waals surface area contributed by atoms with Crippen molar-refractivity contribution in [2.45, 2.75) is 75.0 Å². The number of carbonyl (C=O) groups excluding carboxylic acids is 4. The summed E-state index contributed by atoms with van der Waals surface area (Å²) >= 11 is 0. The molecule has 47 heavy (non-hydrogen) atoms. The second kappa shape index (κ2) is 15.0. The summed E-state index contributed by atoms with van der Waals surface area (Å²) in [6, 6.07) is 17.0. The van der Waals surface area contributed by atoms with E-state index in [4.69, 9.17) is 35.2 Å². The number of benzene rings is 2. The number of aliphatic hydroxyl groups is 1. The number of nitrogens with one attached hydrogen (secondary N) is 2. The second-order valence-corrected chi connectivity index (χ2v) is 11.5. The molecular weight excluding hydrogens is 614 g/mol. The largest absolute Gasteiger partial charge is 0.458 e. The van der Waals surface area contributed by atoms with Crippen molar-refractivity contribution >= 4 is 23.9 Å². The van der Waals surface area contributed by atoms with Crippen LogP contribution in [0.2, 0.25) is 0 Å². The van der Waals surface area contributed by atoms with Crippen LogP contribution in [0.5, 0.6) is 0 Å². The molecule has 2 aromatic rings. The lowest BCUT2D eigenvalue weighted by Crippen LogP contribution is -2.72. The second-order valence-electron chi connectivity index (χ2n) is 11.5. The summed E-state index contributed by atoms with van der Waals surface area (Å²) in [6.07, 6.45) is -1.66. The SMILES string of the molecule is NC1(C(=O)OCc2ccccc2)C=CN([C@]2(N)O[C@H](CC(=O)CNC(=O)OCc3ccccc3)[C@@H](O)[C@H]2OC2CCCCO2)C(=O)N1. The number of urea groups is 1. The van der Waals surface area contributed by atoms with E-state index in [0.29, 0.717) is 13.0 Å². The number of hydrogen-bond donors (Lipinski definition) is 5. The number of ether oxygens (including phenoxy) is 5. The number of nitrogens with zero attached hydrogens (tertiary/aromatic N) is 1. The average Bonchev–Trinajstić information content (AvgIpc) is 3.31. The van der Waals surface area contributed by atoms with Crippen LogP contribution in [-0.2, 0) is 46.5 Å². The van der Waals surface area contributed by atoms with Gasteiger partial charge >= 0.3 is 18.1 Å². The summed E-state index contributed by atoms with van der Waals surface area (Å²) in [6.45, 7) is -0.0526. The van der Waals surface area contributed by atoms with E-state index in [0.717, 1.165) is 35.1 Å². The molecule has 0 bridgehead atoms. The third kappa shape index (κ3) is 8.32. The van der Waals surface area contributed by atoms with Crippen LogP contribution in [0, 0.1) is 0 Å². The normalized spacial score (nSPS) is 28.7. The van der Waals surface area contributed by atoms with E-state index in [1.54, 1.807) is 48.5 Å². The molecule has 15 nitrogen and oxygen atoms in total. The quantitative estimate of drug-likeness (QED) is 0.204. The first-order valence-electron chi connectivity index (χ1n) is 15.3. The molecule has 3 amide bonds. The molecule has 2 aromatic carbocycles. The molecule has 252 valence electrons. The van der Waals surface area contributed by atoms with Gasteiger partial charge in [0.25, 0.3) is 0 Å². The molecule has 3 heterocycles. The molecule has 0 spiro atoms. The van der Waals surface area contributed by atoms with E-state index in [-0.39, 0.29) is 13.2 Å². The van der Waals surface area contributed by atoms with Crippen molar-refractivity contribution in [2.24, 2.45) is 11.5 Å². The van der Waals surface area contributed by atoms with Crippen LogP contribution in [0.1, 0.15) is 36.8 Å². The molecule has 3 aliphatic heterocycles. The Morgan fingerprint density at radius 2 is 1.66 bits per heavy atom. The Morgan fingerprint density at radius 3 is 2.28 bits per heavy atom. The Balaban J connectivity index is 1.24. The molecule has 3 aliphatic rings. The van der Waals surface area contributed by atoms with E-state index in [9.17, 15) is 24.3 Å². The van der Waals surface area contributed by atoms with Gasteiger partial charge in [0.15, 0.2) is 18.2 Å². The fourth-order valence-electron chi connectivity index (χ4n) is 5.35. The lowest BCUT2D eigenvalue weighted by atomic mass is 10.0. The van der Waals surface area contributed by atoms with Gasteiger partial charge < -0.3 is 39.4 Å².